The summed E-state index contributed by atoms with van der Waals surface area (Å²) in [4.78, 5) is 19.7. The molecule has 6 heteroatoms. The molecular weight excluding hydrogens is 284 g/mol. The Labute approximate surface area is 128 Å². The topological polar surface area (TPSA) is 50.2 Å². The van der Waals surface area contributed by atoms with E-state index in [1.807, 2.05) is 28.7 Å². The summed E-state index contributed by atoms with van der Waals surface area (Å²) in [6.07, 6.45) is 7.67. The molecule has 1 saturated carbocycles. The van der Waals surface area contributed by atoms with Crippen molar-refractivity contribution in [2.24, 2.45) is 0 Å². The van der Waals surface area contributed by atoms with Gasteiger partial charge in [-0.2, -0.15) is 0 Å². The van der Waals surface area contributed by atoms with Crippen LogP contribution in [0, 0.1) is 0 Å². The van der Waals surface area contributed by atoms with Gasteiger partial charge in [-0.25, -0.2) is 9.78 Å². The normalized spacial score (nSPS) is 15.7. The molecule has 2 amide bonds. The van der Waals surface area contributed by atoms with Crippen LogP contribution in [0.2, 0.25) is 0 Å². The lowest BCUT2D eigenvalue weighted by molar-refractivity contribution is 0.188. The number of amides is 2. The van der Waals surface area contributed by atoms with E-state index in [1.165, 1.54) is 4.88 Å². The molecule has 0 aromatic carbocycles. The van der Waals surface area contributed by atoms with E-state index in [1.54, 1.807) is 23.9 Å². The van der Waals surface area contributed by atoms with Crippen LogP contribution >= 0.6 is 11.3 Å². The Kier molecular flexibility index (Phi) is 4.24. The second-order valence-electron chi connectivity index (χ2n) is 5.55. The standard InChI is InChI=1S/C15H20N4OS/c1-12(9-18-7-6-16-11-18)17-15(20)19(13-4-5-13)10-14-3-2-8-21-14/h2-3,6-8,11-13H,4-5,9-10H2,1H3,(H,17,20)/t12-/m1/s1. The molecule has 1 N–H and O–H groups in total. The molecule has 5 nitrogen and oxygen atoms in total. The summed E-state index contributed by atoms with van der Waals surface area (Å²) in [5.74, 6) is 0. The number of thiophene rings is 1. The summed E-state index contributed by atoms with van der Waals surface area (Å²) in [5.41, 5.74) is 0. The maximum Gasteiger partial charge on any atom is 0.318 e. The van der Waals surface area contributed by atoms with Gasteiger partial charge in [0.2, 0.25) is 0 Å². The largest absolute Gasteiger partial charge is 0.335 e. The van der Waals surface area contributed by atoms with E-state index >= 15 is 0 Å². The van der Waals surface area contributed by atoms with Gasteiger partial charge >= 0.3 is 6.03 Å². The fraction of sp³-hybridized carbons (Fsp3) is 0.467. The SMILES string of the molecule is C[C@H](Cn1ccnc1)NC(=O)N(Cc1cccs1)C1CC1. The average molecular weight is 304 g/mol. The number of aromatic nitrogens is 2. The Morgan fingerprint density at radius 3 is 3.10 bits per heavy atom. The van der Waals surface area contributed by atoms with E-state index in [-0.39, 0.29) is 12.1 Å². The van der Waals surface area contributed by atoms with E-state index in [4.69, 9.17) is 0 Å². The molecule has 21 heavy (non-hydrogen) atoms. The highest BCUT2D eigenvalue weighted by Crippen LogP contribution is 2.29. The number of hydrogen-bond acceptors (Lipinski definition) is 3. The first-order valence-corrected chi connectivity index (χ1v) is 8.15. The second kappa shape index (κ2) is 6.30. The molecule has 0 radical (unpaired) electrons. The van der Waals surface area contributed by atoms with Gasteiger partial charge < -0.3 is 14.8 Å². The van der Waals surface area contributed by atoms with Gasteiger partial charge in [-0.05, 0) is 31.2 Å². The quantitative estimate of drug-likeness (QED) is 0.892. The van der Waals surface area contributed by atoms with Crippen molar-refractivity contribution in [2.75, 3.05) is 0 Å². The lowest BCUT2D eigenvalue weighted by Gasteiger charge is -2.25. The fourth-order valence-electron chi connectivity index (χ4n) is 2.37. The van der Waals surface area contributed by atoms with Crippen LogP contribution in [0.5, 0.6) is 0 Å². The number of imidazole rings is 1. The van der Waals surface area contributed by atoms with Crippen LogP contribution in [-0.2, 0) is 13.1 Å². The van der Waals surface area contributed by atoms with Crippen molar-refractivity contribution in [3.05, 3.63) is 41.1 Å². The van der Waals surface area contributed by atoms with Gasteiger partial charge in [0.25, 0.3) is 0 Å². The Morgan fingerprint density at radius 1 is 1.62 bits per heavy atom. The number of carbonyl (C=O) groups excluding carboxylic acids is 1. The molecule has 2 heterocycles. The van der Waals surface area contributed by atoms with Crippen molar-refractivity contribution in [3.8, 4) is 0 Å². The Balaban J connectivity index is 1.56. The lowest BCUT2D eigenvalue weighted by Crippen LogP contribution is -2.45. The van der Waals surface area contributed by atoms with E-state index in [0.29, 0.717) is 12.6 Å². The zero-order chi connectivity index (χ0) is 14.7. The molecule has 112 valence electrons. The monoisotopic (exact) mass is 304 g/mol. The molecule has 1 fully saturated rings. The van der Waals surface area contributed by atoms with E-state index < -0.39 is 0 Å². The maximum absolute atomic E-state index is 12.5. The number of urea groups is 1. The highest BCUT2D eigenvalue weighted by Gasteiger charge is 2.33. The summed E-state index contributed by atoms with van der Waals surface area (Å²) < 4.78 is 1.98. The van der Waals surface area contributed by atoms with Crippen molar-refractivity contribution in [2.45, 2.75) is 44.9 Å². The molecule has 2 aromatic heterocycles. The van der Waals surface area contributed by atoms with Gasteiger partial charge in [0.1, 0.15) is 0 Å². The third-order valence-corrected chi connectivity index (χ3v) is 4.43. The minimum Gasteiger partial charge on any atom is -0.335 e. The third-order valence-electron chi connectivity index (χ3n) is 3.57. The zero-order valence-corrected chi connectivity index (χ0v) is 12.9. The Bertz CT molecular complexity index is 563. The van der Waals surface area contributed by atoms with Crippen LogP contribution in [0.15, 0.2) is 36.2 Å². The molecule has 1 aliphatic rings. The van der Waals surface area contributed by atoms with Crippen LogP contribution in [-0.4, -0.2) is 32.6 Å². The number of nitrogens with one attached hydrogen (secondary N) is 1. The van der Waals surface area contributed by atoms with E-state index in [2.05, 4.69) is 21.7 Å². The number of nitrogens with zero attached hydrogens (tertiary/aromatic N) is 3. The van der Waals surface area contributed by atoms with Crippen LogP contribution in [0.4, 0.5) is 4.79 Å². The van der Waals surface area contributed by atoms with Gasteiger partial charge in [-0.15, -0.1) is 11.3 Å². The molecule has 0 aliphatic heterocycles. The first-order valence-electron chi connectivity index (χ1n) is 7.27. The van der Waals surface area contributed by atoms with Crippen LogP contribution in [0.25, 0.3) is 0 Å². The second-order valence-corrected chi connectivity index (χ2v) is 6.58. The summed E-state index contributed by atoms with van der Waals surface area (Å²) >= 11 is 1.70. The summed E-state index contributed by atoms with van der Waals surface area (Å²) in [5, 5.41) is 5.15. The van der Waals surface area contributed by atoms with Crippen LogP contribution in [0.1, 0.15) is 24.6 Å². The molecule has 0 spiro atoms. The Hall–Kier alpha value is -1.82. The first kappa shape index (κ1) is 14.1. The number of carbonyl (C=O) groups is 1. The van der Waals surface area contributed by atoms with Gasteiger partial charge in [0, 0.05) is 35.9 Å². The molecular formula is C15H20N4OS. The fourth-order valence-corrected chi connectivity index (χ4v) is 3.08. The van der Waals surface area contributed by atoms with E-state index in [0.717, 1.165) is 19.4 Å². The Morgan fingerprint density at radius 2 is 2.48 bits per heavy atom. The van der Waals surface area contributed by atoms with Crippen molar-refractivity contribution in [3.63, 3.8) is 0 Å². The lowest BCUT2D eigenvalue weighted by atomic mass is 10.3. The highest BCUT2D eigenvalue weighted by atomic mass is 32.1. The van der Waals surface area contributed by atoms with Gasteiger partial charge in [0.15, 0.2) is 0 Å². The number of rotatable bonds is 6. The zero-order valence-electron chi connectivity index (χ0n) is 12.1. The maximum atomic E-state index is 12.5. The van der Waals surface area contributed by atoms with Crippen LogP contribution in [0.3, 0.4) is 0 Å². The summed E-state index contributed by atoms with van der Waals surface area (Å²) in [6.45, 7) is 3.48. The third kappa shape index (κ3) is 3.85. The average Bonchev–Trinajstić information content (AvgIpc) is 2.94. The molecule has 1 atom stereocenters. The molecule has 0 unspecified atom stereocenters. The van der Waals surface area contributed by atoms with Gasteiger partial charge in [0.05, 0.1) is 12.9 Å². The van der Waals surface area contributed by atoms with Crippen molar-refractivity contribution >= 4 is 17.4 Å². The minimum absolute atomic E-state index is 0.0403. The smallest absolute Gasteiger partial charge is 0.318 e. The predicted octanol–water partition coefficient (Wildman–Crippen LogP) is 2.71. The highest BCUT2D eigenvalue weighted by molar-refractivity contribution is 7.09. The minimum atomic E-state index is 0.0403. The molecule has 0 saturated heterocycles. The number of hydrogen-bond donors (Lipinski definition) is 1. The van der Waals surface area contributed by atoms with Crippen molar-refractivity contribution in [1.82, 2.24) is 19.8 Å². The molecule has 0 bridgehead atoms. The van der Waals surface area contributed by atoms with Gasteiger partial charge in [-0.1, -0.05) is 6.07 Å². The molecule has 2 aromatic rings. The molecule has 1 aliphatic carbocycles. The van der Waals surface area contributed by atoms with E-state index in [9.17, 15) is 4.79 Å². The summed E-state index contributed by atoms with van der Waals surface area (Å²) in [6, 6.07) is 4.65. The van der Waals surface area contributed by atoms with Gasteiger partial charge in [-0.3, -0.25) is 0 Å². The summed E-state index contributed by atoms with van der Waals surface area (Å²) in [7, 11) is 0. The van der Waals surface area contributed by atoms with Crippen molar-refractivity contribution < 1.29 is 4.79 Å². The molecule has 3 rings (SSSR count). The first-order chi connectivity index (χ1) is 10.2. The van der Waals surface area contributed by atoms with Crippen molar-refractivity contribution in [1.29, 1.82) is 0 Å². The predicted molar refractivity (Wildman–Crippen MR) is 83.1 cm³/mol. The van der Waals surface area contributed by atoms with Crippen LogP contribution < -0.4 is 5.32 Å².